The molecule has 0 saturated carbocycles. The van der Waals surface area contributed by atoms with Crippen molar-refractivity contribution >= 4 is 32.8 Å². The topological polar surface area (TPSA) is 107 Å². The summed E-state index contributed by atoms with van der Waals surface area (Å²) in [5.74, 6) is 1.91. The lowest BCUT2D eigenvalue weighted by Gasteiger charge is -2.24. The van der Waals surface area contributed by atoms with Gasteiger partial charge in [-0.05, 0) is 13.3 Å². The molecule has 2 aromatic rings. The predicted molar refractivity (Wildman–Crippen MR) is 80.9 cm³/mol. The highest BCUT2D eigenvalue weighted by Gasteiger charge is 2.32. The molecule has 2 N–H and O–H groups in total. The Hall–Kier alpha value is -1.90. The maximum atomic E-state index is 11.7. The van der Waals surface area contributed by atoms with Crippen LogP contribution in [0.5, 0.6) is 0 Å². The number of hydrogen-bond acceptors (Lipinski definition) is 7. The molecule has 1 unspecified atom stereocenters. The number of sulfone groups is 1. The van der Waals surface area contributed by atoms with Crippen LogP contribution in [0.15, 0.2) is 0 Å². The van der Waals surface area contributed by atoms with Gasteiger partial charge in [0.25, 0.3) is 0 Å². The first-order valence-electron chi connectivity index (χ1n) is 6.68. The summed E-state index contributed by atoms with van der Waals surface area (Å²) in [5, 5.41) is 0. The van der Waals surface area contributed by atoms with E-state index in [9.17, 15) is 8.42 Å². The third-order valence-electron chi connectivity index (χ3n) is 4.03. The Labute approximate surface area is 122 Å². The monoisotopic (exact) mass is 310 g/mol. The van der Waals surface area contributed by atoms with Crippen molar-refractivity contribution in [2.75, 3.05) is 29.2 Å². The average Bonchev–Trinajstić information content (AvgIpc) is 2.90. The molecule has 8 nitrogen and oxygen atoms in total. The molecule has 3 rings (SSSR count). The van der Waals surface area contributed by atoms with Gasteiger partial charge in [0.2, 0.25) is 5.95 Å². The summed E-state index contributed by atoms with van der Waals surface area (Å²) in [6.45, 7) is 1.88. The van der Waals surface area contributed by atoms with Crippen LogP contribution in [-0.2, 0) is 16.9 Å². The molecule has 1 fully saturated rings. The molecule has 2 aromatic heterocycles. The third-order valence-corrected chi connectivity index (χ3v) is 5.78. The number of rotatable bonds is 2. The molecule has 0 radical (unpaired) electrons. The van der Waals surface area contributed by atoms with Crippen LogP contribution in [0, 0.1) is 6.92 Å². The molecule has 0 aromatic carbocycles. The molecule has 3 heterocycles. The molecule has 1 aliphatic heterocycles. The van der Waals surface area contributed by atoms with Crippen molar-refractivity contribution in [3.05, 3.63) is 5.82 Å². The van der Waals surface area contributed by atoms with Crippen LogP contribution in [0.3, 0.4) is 0 Å². The number of anilines is 2. The second kappa shape index (κ2) is 4.55. The van der Waals surface area contributed by atoms with Gasteiger partial charge in [-0.2, -0.15) is 9.97 Å². The number of aryl methyl sites for hydroxylation is 2. The summed E-state index contributed by atoms with van der Waals surface area (Å²) >= 11 is 0. The van der Waals surface area contributed by atoms with E-state index in [-0.39, 0.29) is 23.5 Å². The van der Waals surface area contributed by atoms with Crippen molar-refractivity contribution in [3.63, 3.8) is 0 Å². The van der Waals surface area contributed by atoms with E-state index < -0.39 is 9.84 Å². The first-order chi connectivity index (χ1) is 9.78. The molecule has 1 saturated heterocycles. The quantitative estimate of drug-likeness (QED) is 0.823. The number of nitrogens with zero attached hydrogens (tertiary/aromatic N) is 5. The lowest BCUT2D eigenvalue weighted by molar-refractivity contribution is 0.600. The fourth-order valence-electron chi connectivity index (χ4n) is 2.67. The van der Waals surface area contributed by atoms with Gasteiger partial charge in [0.05, 0.1) is 11.5 Å². The maximum absolute atomic E-state index is 11.7. The number of hydrogen-bond donors (Lipinski definition) is 1. The van der Waals surface area contributed by atoms with Gasteiger partial charge in [-0.3, -0.25) is 0 Å². The smallest absolute Gasteiger partial charge is 0.224 e. The van der Waals surface area contributed by atoms with Gasteiger partial charge < -0.3 is 15.2 Å². The Kier molecular flexibility index (Phi) is 3.05. The maximum Gasteiger partial charge on any atom is 0.224 e. The van der Waals surface area contributed by atoms with Crippen molar-refractivity contribution in [1.82, 2.24) is 19.5 Å². The van der Waals surface area contributed by atoms with Crippen LogP contribution < -0.4 is 10.6 Å². The number of nitrogen functional groups attached to an aromatic ring is 1. The van der Waals surface area contributed by atoms with Crippen molar-refractivity contribution < 1.29 is 8.42 Å². The van der Waals surface area contributed by atoms with Gasteiger partial charge in [0, 0.05) is 20.1 Å². The lowest BCUT2D eigenvalue weighted by atomic mass is 10.2. The van der Waals surface area contributed by atoms with Crippen LogP contribution >= 0.6 is 0 Å². The van der Waals surface area contributed by atoms with Crippen LogP contribution in [0.2, 0.25) is 0 Å². The average molecular weight is 310 g/mol. The Bertz CT molecular complexity index is 813. The highest BCUT2D eigenvalue weighted by atomic mass is 32.2. The number of fused-ring (bicyclic) bond motifs is 1. The lowest BCUT2D eigenvalue weighted by Crippen LogP contribution is -2.33. The fraction of sp³-hybridized carbons (Fsp3) is 0.583. The Morgan fingerprint density at radius 1 is 1.33 bits per heavy atom. The molecule has 0 spiro atoms. The van der Waals surface area contributed by atoms with E-state index in [1.54, 1.807) is 0 Å². The second-order valence-corrected chi connectivity index (χ2v) is 7.69. The van der Waals surface area contributed by atoms with E-state index in [1.165, 1.54) is 0 Å². The SMILES string of the molecule is Cc1nc2c(N(C)C3CCS(=O)(=O)C3)nc(N)nc2n1C. The van der Waals surface area contributed by atoms with Gasteiger partial charge in [-0.1, -0.05) is 0 Å². The molecule has 0 aliphatic carbocycles. The van der Waals surface area contributed by atoms with Gasteiger partial charge in [0.1, 0.15) is 5.82 Å². The molecule has 0 amide bonds. The van der Waals surface area contributed by atoms with Gasteiger partial charge >= 0.3 is 0 Å². The largest absolute Gasteiger partial charge is 0.368 e. The van der Waals surface area contributed by atoms with E-state index >= 15 is 0 Å². The Morgan fingerprint density at radius 2 is 2.05 bits per heavy atom. The van der Waals surface area contributed by atoms with Crippen LogP contribution in [0.1, 0.15) is 12.2 Å². The van der Waals surface area contributed by atoms with Crippen molar-refractivity contribution in [3.8, 4) is 0 Å². The molecular weight excluding hydrogens is 292 g/mol. The number of nitrogens with two attached hydrogens (primary N) is 1. The molecule has 9 heteroatoms. The molecule has 0 bridgehead atoms. The van der Waals surface area contributed by atoms with E-state index in [0.717, 1.165) is 5.82 Å². The first-order valence-corrected chi connectivity index (χ1v) is 8.50. The van der Waals surface area contributed by atoms with Crippen LogP contribution in [-0.4, -0.2) is 52.5 Å². The zero-order chi connectivity index (χ0) is 15.4. The highest BCUT2D eigenvalue weighted by Crippen LogP contribution is 2.28. The predicted octanol–water partition coefficient (Wildman–Crippen LogP) is -0.123. The Balaban J connectivity index is 2.10. The van der Waals surface area contributed by atoms with Crippen molar-refractivity contribution in [2.24, 2.45) is 7.05 Å². The molecule has 114 valence electrons. The highest BCUT2D eigenvalue weighted by molar-refractivity contribution is 7.91. The summed E-state index contributed by atoms with van der Waals surface area (Å²) in [6.07, 6.45) is 0.593. The summed E-state index contributed by atoms with van der Waals surface area (Å²) in [7, 11) is 0.735. The molecule has 1 aliphatic rings. The standard InChI is InChI=1S/C12H18N6O2S/c1-7-14-9-10(17(7)2)15-12(13)16-11(9)18(3)8-4-5-21(19,20)6-8/h8H,4-6H2,1-3H3,(H2,13,15,16). The Morgan fingerprint density at radius 3 is 2.67 bits per heavy atom. The zero-order valence-corrected chi connectivity index (χ0v) is 13.1. The van der Waals surface area contributed by atoms with E-state index in [2.05, 4.69) is 15.0 Å². The molecule has 1 atom stereocenters. The van der Waals surface area contributed by atoms with Crippen molar-refractivity contribution in [2.45, 2.75) is 19.4 Å². The van der Waals surface area contributed by atoms with Gasteiger partial charge in [-0.25, -0.2) is 13.4 Å². The van der Waals surface area contributed by atoms with E-state index in [0.29, 0.717) is 23.4 Å². The van der Waals surface area contributed by atoms with E-state index in [4.69, 9.17) is 5.73 Å². The minimum absolute atomic E-state index is 0.102. The second-order valence-electron chi connectivity index (χ2n) is 5.46. The molecule has 21 heavy (non-hydrogen) atoms. The normalized spacial score (nSPS) is 21.0. The van der Waals surface area contributed by atoms with Gasteiger partial charge in [0.15, 0.2) is 26.8 Å². The first kappa shape index (κ1) is 14.1. The van der Waals surface area contributed by atoms with E-state index in [1.807, 2.05) is 30.5 Å². The summed E-state index contributed by atoms with van der Waals surface area (Å²) in [4.78, 5) is 14.8. The number of imidazole rings is 1. The number of aromatic nitrogens is 4. The summed E-state index contributed by atoms with van der Waals surface area (Å²) in [6, 6.07) is -0.102. The van der Waals surface area contributed by atoms with Crippen LogP contribution in [0.4, 0.5) is 11.8 Å². The fourth-order valence-corrected chi connectivity index (χ4v) is 4.45. The van der Waals surface area contributed by atoms with Crippen LogP contribution in [0.25, 0.3) is 11.2 Å². The third kappa shape index (κ3) is 2.31. The minimum atomic E-state index is -2.96. The summed E-state index contributed by atoms with van der Waals surface area (Å²) in [5.41, 5.74) is 7.09. The summed E-state index contributed by atoms with van der Waals surface area (Å²) < 4.78 is 25.2. The minimum Gasteiger partial charge on any atom is -0.368 e. The van der Waals surface area contributed by atoms with Gasteiger partial charge in [-0.15, -0.1) is 0 Å². The molecular formula is C12H18N6O2S. The van der Waals surface area contributed by atoms with Crippen molar-refractivity contribution in [1.29, 1.82) is 0 Å². The zero-order valence-electron chi connectivity index (χ0n) is 12.2.